The number of hydrogen-bond donors (Lipinski definition) is 0. The van der Waals surface area contributed by atoms with Gasteiger partial charge in [0.15, 0.2) is 0 Å². The Morgan fingerprint density at radius 3 is 1.75 bits per heavy atom. The van der Waals surface area contributed by atoms with Gasteiger partial charge in [0.05, 0.1) is 28.6 Å². The van der Waals surface area contributed by atoms with Crippen molar-refractivity contribution in [1.82, 2.24) is 4.98 Å². The van der Waals surface area contributed by atoms with Crippen LogP contribution < -0.4 is 15.8 Å². The van der Waals surface area contributed by atoms with E-state index in [1.807, 2.05) is 0 Å². The summed E-state index contributed by atoms with van der Waals surface area (Å²) in [7, 11) is -0.0394. The lowest BCUT2D eigenvalue weighted by Crippen LogP contribution is -2.34. The lowest BCUT2D eigenvalue weighted by atomic mass is 10.5. The van der Waals surface area contributed by atoms with Crippen molar-refractivity contribution in [2.75, 3.05) is 0 Å². The molecule has 1 aromatic rings. The molecule has 0 aliphatic carbocycles. The Bertz CT molecular complexity index is 207. The number of hydrogen-bond acceptors (Lipinski definition) is 1. The largest absolute Gasteiger partial charge is 0.269 e. The van der Waals surface area contributed by atoms with Gasteiger partial charge in [-0.25, -0.2) is 0 Å². The minimum atomic E-state index is -0.0368. The van der Waals surface area contributed by atoms with Gasteiger partial charge in [-0.1, -0.05) is 24.8 Å². The predicted octanol–water partition coefficient (Wildman–Crippen LogP) is -2.39. The molecular formula is C8H17NSi3. The molecule has 0 N–H and O–H groups in total. The van der Waals surface area contributed by atoms with E-state index < -0.39 is 0 Å². The standard InChI is InChI=1S/C8H17NSi3/c1-10-6-4-7(11-2)9-8(5-6)12-3/h4-5H,10-12H2,1-3H3. The average molecular weight is 211 g/mol. The van der Waals surface area contributed by atoms with Crippen molar-refractivity contribution in [2.45, 2.75) is 19.6 Å². The highest BCUT2D eigenvalue weighted by Gasteiger charge is 1.98. The number of pyridine rings is 1. The smallest absolute Gasteiger partial charge is 0.0754 e. The first-order valence-corrected chi connectivity index (χ1v) is 11.1. The van der Waals surface area contributed by atoms with Crippen molar-refractivity contribution < 1.29 is 0 Å². The number of aromatic nitrogens is 1. The van der Waals surface area contributed by atoms with Crippen LogP contribution in [0.25, 0.3) is 0 Å². The zero-order valence-corrected chi connectivity index (χ0v) is 12.5. The summed E-state index contributed by atoms with van der Waals surface area (Å²) in [5.74, 6) is 0. The van der Waals surface area contributed by atoms with Crippen molar-refractivity contribution in [3.8, 4) is 0 Å². The second-order valence-electron chi connectivity index (χ2n) is 3.02. The first kappa shape index (κ1) is 9.89. The van der Waals surface area contributed by atoms with Crippen LogP contribution in [0.5, 0.6) is 0 Å². The number of nitrogens with zero attached hydrogens (tertiary/aromatic N) is 1. The Balaban J connectivity index is 3.01. The topological polar surface area (TPSA) is 12.9 Å². The summed E-state index contributed by atoms with van der Waals surface area (Å²) >= 11 is 0. The summed E-state index contributed by atoms with van der Waals surface area (Å²) in [4.78, 5) is 4.66. The lowest BCUT2D eigenvalue weighted by molar-refractivity contribution is 1.46. The van der Waals surface area contributed by atoms with Crippen LogP contribution in [0.2, 0.25) is 19.6 Å². The van der Waals surface area contributed by atoms with Crippen LogP contribution in [0.1, 0.15) is 0 Å². The van der Waals surface area contributed by atoms with Crippen LogP contribution in [-0.4, -0.2) is 33.5 Å². The molecule has 0 bridgehead atoms. The second kappa shape index (κ2) is 4.74. The van der Waals surface area contributed by atoms with E-state index in [9.17, 15) is 0 Å². The van der Waals surface area contributed by atoms with Crippen LogP contribution >= 0.6 is 0 Å². The molecule has 0 radical (unpaired) electrons. The molecule has 1 nitrogen and oxygen atoms in total. The van der Waals surface area contributed by atoms with Crippen LogP contribution in [0, 0.1) is 0 Å². The van der Waals surface area contributed by atoms with E-state index in [0.717, 1.165) is 0 Å². The summed E-state index contributed by atoms with van der Waals surface area (Å²) in [6, 6.07) is 4.71. The summed E-state index contributed by atoms with van der Waals surface area (Å²) in [5.41, 5.74) is 0. The molecule has 0 atom stereocenters. The fourth-order valence-corrected chi connectivity index (χ4v) is 4.62. The Kier molecular flexibility index (Phi) is 3.90. The van der Waals surface area contributed by atoms with Gasteiger partial charge in [-0.05, 0) is 12.1 Å². The molecule has 0 saturated heterocycles. The van der Waals surface area contributed by atoms with E-state index in [4.69, 9.17) is 0 Å². The zero-order valence-electron chi connectivity index (χ0n) is 8.22. The number of rotatable bonds is 3. The van der Waals surface area contributed by atoms with Crippen molar-refractivity contribution >= 4 is 44.4 Å². The molecule has 1 rings (SSSR count). The Morgan fingerprint density at radius 1 is 0.917 bits per heavy atom. The van der Waals surface area contributed by atoms with Gasteiger partial charge < -0.3 is 0 Å². The maximum Gasteiger partial charge on any atom is 0.0754 e. The highest BCUT2D eigenvalue weighted by molar-refractivity contribution is 6.58. The molecule has 0 aliphatic rings. The SMILES string of the molecule is C[SiH2]c1cc([SiH2]C)nc([SiH2]C)c1. The van der Waals surface area contributed by atoms with Crippen LogP contribution in [-0.2, 0) is 0 Å². The summed E-state index contributed by atoms with van der Waals surface area (Å²) in [6.45, 7) is 7.01. The van der Waals surface area contributed by atoms with E-state index in [0.29, 0.717) is 0 Å². The summed E-state index contributed by atoms with van der Waals surface area (Å²) in [5, 5.41) is 4.50. The quantitative estimate of drug-likeness (QED) is 0.509. The van der Waals surface area contributed by atoms with Gasteiger partial charge in [-0.15, -0.1) is 0 Å². The fraction of sp³-hybridized carbons (Fsp3) is 0.375. The van der Waals surface area contributed by atoms with E-state index in [2.05, 4.69) is 36.8 Å². The third-order valence-electron chi connectivity index (χ3n) is 2.12. The molecule has 0 aromatic carbocycles. The Hall–Kier alpha value is -0.199. The first-order chi connectivity index (χ1) is 5.80. The summed E-state index contributed by atoms with van der Waals surface area (Å²) in [6.07, 6.45) is 0. The second-order valence-corrected chi connectivity index (χ2v) is 7.41. The van der Waals surface area contributed by atoms with E-state index in [1.165, 1.54) is 10.6 Å². The predicted molar refractivity (Wildman–Crippen MR) is 66.4 cm³/mol. The molecule has 1 heterocycles. The molecule has 0 amide bonds. The van der Waals surface area contributed by atoms with Gasteiger partial charge in [0.25, 0.3) is 0 Å². The maximum absolute atomic E-state index is 4.66. The van der Waals surface area contributed by atoms with Crippen molar-refractivity contribution in [3.05, 3.63) is 12.1 Å². The molecule has 0 spiro atoms. The first-order valence-electron chi connectivity index (χ1n) is 4.78. The lowest BCUT2D eigenvalue weighted by Gasteiger charge is -2.03. The summed E-state index contributed by atoms with van der Waals surface area (Å²) < 4.78 is 0. The van der Waals surface area contributed by atoms with Crippen molar-refractivity contribution in [3.63, 3.8) is 0 Å². The molecule has 0 aliphatic heterocycles. The van der Waals surface area contributed by atoms with Crippen LogP contribution in [0.4, 0.5) is 0 Å². The minimum absolute atomic E-state index is 0.0343. The van der Waals surface area contributed by atoms with Gasteiger partial charge in [0.2, 0.25) is 0 Å². The monoisotopic (exact) mass is 211 g/mol. The van der Waals surface area contributed by atoms with Crippen LogP contribution in [0.3, 0.4) is 0 Å². The van der Waals surface area contributed by atoms with Gasteiger partial charge in [-0.3, -0.25) is 4.98 Å². The van der Waals surface area contributed by atoms with Gasteiger partial charge in [0, 0.05) is 10.6 Å². The molecule has 0 saturated carbocycles. The highest BCUT2D eigenvalue weighted by Crippen LogP contribution is 1.73. The molecule has 0 unspecified atom stereocenters. The van der Waals surface area contributed by atoms with Crippen molar-refractivity contribution in [2.24, 2.45) is 0 Å². The molecule has 66 valence electrons. The third kappa shape index (κ3) is 2.40. The van der Waals surface area contributed by atoms with E-state index >= 15 is 0 Å². The average Bonchev–Trinajstić information content (AvgIpc) is 2.16. The molecule has 0 fully saturated rings. The van der Waals surface area contributed by atoms with Crippen LogP contribution in [0.15, 0.2) is 12.1 Å². The maximum atomic E-state index is 4.66. The molecule has 4 heteroatoms. The zero-order chi connectivity index (χ0) is 8.97. The molecule has 1 aromatic heterocycles. The van der Waals surface area contributed by atoms with Crippen molar-refractivity contribution in [1.29, 1.82) is 0 Å². The van der Waals surface area contributed by atoms with Gasteiger partial charge >= 0.3 is 0 Å². The van der Waals surface area contributed by atoms with E-state index in [-0.39, 0.29) is 28.6 Å². The normalized spacial score (nSPS) is 13.2. The van der Waals surface area contributed by atoms with E-state index in [1.54, 1.807) is 5.19 Å². The fourth-order valence-electron chi connectivity index (χ4n) is 1.29. The Labute approximate surface area is 81.5 Å². The molecular weight excluding hydrogens is 194 g/mol. The minimum Gasteiger partial charge on any atom is -0.269 e. The highest BCUT2D eigenvalue weighted by atomic mass is 28.2. The molecule has 12 heavy (non-hydrogen) atoms. The Morgan fingerprint density at radius 2 is 1.42 bits per heavy atom. The third-order valence-corrected chi connectivity index (χ3v) is 5.52. The van der Waals surface area contributed by atoms with Gasteiger partial charge in [-0.2, -0.15) is 0 Å². The van der Waals surface area contributed by atoms with Gasteiger partial charge in [0.1, 0.15) is 0 Å².